The van der Waals surface area contributed by atoms with Crippen molar-refractivity contribution in [3.63, 3.8) is 0 Å². The van der Waals surface area contributed by atoms with Crippen molar-refractivity contribution in [3.8, 4) is 5.75 Å². The zero-order chi connectivity index (χ0) is 18.8. The van der Waals surface area contributed by atoms with Gasteiger partial charge in [0.05, 0.1) is 5.56 Å². The van der Waals surface area contributed by atoms with E-state index in [0.29, 0.717) is 5.56 Å². The van der Waals surface area contributed by atoms with Crippen molar-refractivity contribution in [2.75, 3.05) is 0 Å². The molecule has 0 amide bonds. The first-order valence-corrected chi connectivity index (χ1v) is 7.66. The smallest absolute Gasteiger partial charge is 0.478 e. The van der Waals surface area contributed by atoms with Crippen LogP contribution in [0.3, 0.4) is 0 Å². The van der Waals surface area contributed by atoms with E-state index in [1.807, 2.05) is 20.8 Å². The maximum absolute atomic E-state index is 12.5. The van der Waals surface area contributed by atoms with E-state index in [1.54, 1.807) is 18.2 Å². The van der Waals surface area contributed by atoms with Crippen LogP contribution in [0, 0.1) is 5.41 Å². The van der Waals surface area contributed by atoms with Crippen LogP contribution >= 0.6 is 0 Å². The van der Waals surface area contributed by atoms with Crippen LogP contribution in [0.1, 0.15) is 48.2 Å². The highest BCUT2D eigenvalue weighted by atomic mass is 19.4. The largest absolute Gasteiger partial charge is 0.573 e. The SMILES string of the molecule is CC(C)(C)C(c1ccc(C(=O)O)cc1)c1cccc(OC(F)(F)F)c1. The molecule has 0 aliphatic rings. The number of ether oxygens (including phenoxy) is 1. The van der Waals surface area contributed by atoms with Crippen LogP contribution in [0.2, 0.25) is 0 Å². The lowest BCUT2D eigenvalue weighted by Crippen LogP contribution is -2.21. The average molecular weight is 352 g/mol. The zero-order valence-electron chi connectivity index (χ0n) is 14.1. The number of hydrogen-bond donors (Lipinski definition) is 1. The molecule has 2 aromatic rings. The van der Waals surface area contributed by atoms with E-state index < -0.39 is 12.3 Å². The highest BCUT2D eigenvalue weighted by molar-refractivity contribution is 5.87. The summed E-state index contributed by atoms with van der Waals surface area (Å²) in [6.07, 6.45) is -4.75. The summed E-state index contributed by atoms with van der Waals surface area (Å²) in [6.45, 7) is 5.92. The third kappa shape index (κ3) is 4.98. The third-order valence-corrected chi connectivity index (χ3v) is 3.78. The maximum Gasteiger partial charge on any atom is 0.573 e. The van der Waals surface area contributed by atoms with Gasteiger partial charge < -0.3 is 9.84 Å². The molecule has 1 N–H and O–H groups in total. The van der Waals surface area contributed by atoms with Crippen molar-refractivity contribution in [2.24, 2.45) is 5.41 Å². The Hall–Kier alpha value is -2.50. The van der Waals surface area contributed by atoms with Gasteiger partial charge in [-0.2, -0.15) is 0 Å². The Morgan fingerprint density at radius 3 is 2.08 bits per heavy atom. The Labute approximate surface area is 144 Å². The number of benzene rings is 2. The van der Waals surface area contributed by atoms with Gasteiger partial charge in [0.1, 0.15) is 5.75 Å². The lowest BCUT2D eigenvalue weighted by molar-refractivity contribution is -0.274. The van der Waals surface area contributed by atoms with E-state index in [1.165, 1.54) is 30.3 Å². The summed E-state index contributed by atoms with van der Waals surface area (Å²) < 4.78 is 41.4. The summed E-state index contributed by atoms with van der Waals surface area (Å²) in [4.78, 5) is 11.0. The second-order valence-electron chi connectivity index (χ2n) is 6.85. The van der Waals surface area contributed by atoms with E-state index in [0.717, 1.165) is 5.56 Å². The lowest BCUT2D eigenvalue weighted by atomic mass is 9.72. The van der Waals surface area contributed by atoms with Crippen LogP contribution in [0.4, 0.5) is 13.2 Å². The van der Waals surface area contributed by atoms with Gasteiger partial charge in [0, 0.05) is 5.92 Å². The molecule has 0 bridgehead atoms. The number of carboxylic acid groups (broad SMARTS) is 1. The number of halogens is 3. The van der Waals surface area contributed by atoms with Gasteiger partial charge in [-0.25, -0.2) is 4.79 Å². The minimum absolute atomic E-state index is 0.158. The van der Waals surface area contributed by atoms with E-state index in [4.69, 9.17) is 5.11 Å². The number of aromatic carboxylic acids is 1. The van der Waals surface area contributed by atoms with E-state index in [-0.39, 0.29) is 22.6 Å². The molecule has 3 nitrogen and oxygen atoms in total. The van der Waals surface area contributed by atoms with Crippen LogP contribution in [0.5, 0.6) is 5.75 Å². The van der Waals surface area contributed by atoms with Crippen molar-refractivity contribution >= 4 is 5.97 Å². The molecule has 25 heavy (non-hydrogen) atoms. The fraction of sp³-hybridized carbons (Fsp3) is 0.316. The molecule has 0 saturated heterocycles. The molecule has 0 saturated carbocycles. The van der Waals surface area contributed by atoms with Crippen LogP contribution in [-0.4, -0.2) is 17.4 Å². The Balaban J connectivity index is 2.45. The summed E-state index contributed by atoms with van der Waals surface area (Å²) in [7, 11) is 0. The minimum Gasteiger partial charge on any atom is -0.478 e. The lowest BCUT2D eigenvalue weighted by Gasteiger charge is -2.32. The molecule has 0 aromatic heterocycles. The van der Waals surface area contributed by atoms with Crippen LogP contribution in [0.25, 0.3) is 0 Å². The first kappa shape index (κ1) is 18.8. The molecular formula is C19H19F3O3. The second kappa shape index (κ2) is 6.78. The van der Waals surface area contributed by atoms with E-state index in [9.17, 15) is 18.0 Å². The number of carboxylic acids is 1. The summed E-state index contributed by atoms with van der Waals surface area (Å²) in [5.41, 5.74) is 1.34. The molecule has 0 aliphatic carbocycles. The maximum atomic E-state index is 12.5. The van der Waals surface area contributed by atoms with Gasteiger partial charge in [0.15, 0.2) is 0 Å². The monoisotopic (exact) mass is 352 g/mol. The first-order valence-electron chi connectivity index (χ1n) is 7.66. The van der Waals surface area contributed by atoms with E-state index >= 15 is 0 Å². The van der Waals surface area contributed by atoms with Gasteiger partial charge in [-0.15, -0.1) is 13.2 Å². The predicted octanol–water partition coefficient (Wildman–Crippen LogP) is 5.46. The molecule has 0 radical (unpaired) electrons. The number of carbonyl (C=O) groups is 1. The molecule has 6 heteroatoms. The molecule has 1 atom stereocenters. The number of rotatable bonds is 4. The third-order valence-electron chi connectivity index (χ3n) is 3.78. The fourth-order valence-electron chi connectivity index (χ4n) is 2.90. The van der Waals surface area contributed by atoms with Crippen molar-refractivity contribution < 1.29 is 27.8 Å². The van der Waals surface area contributed by atoms with Crippen molar-refractivity contribution in [3.05, 3.63) is 65.2 Å². The standard InChI is InChI=1S/C19H19F3O3/c1-18(2,3)16(12-7-9-13(10-8-12)17(23)24)14-5-4-6-15(11-14)25-19(20,21)22/h4-11,16H,1-3H3,(H,23,24). The highest BCUT2D eigenvalue weighted by Gasteiger charge is 2.32. The first-order chi connectivity index (χ1) is 11.5. The Kier molecular flexibility index (Phi) is 5.11. The molecular weight excluding hydrogens is 333 g/mol. The second-order valence-corrected chi connectivity index (χ2v) is 6.85. The van der Waals surface area contributed by atoms with Gasteiger partial charge in [-0.05, 0) is 40.8 Å². The average Bonchev–Trinajstić information content (AvgIpc) is 2.45. The van der Waals surface area contributed by atoms with Crippen LogP contribution in [-0.2, 0) is 0 Å². The molecule has 134 valence electrons. The van der Waals surface area contributed by atoms with Crippen molar-refractivity contribution in [1.29, 1.82) is 0 Å². The Morgan fingerprint density at radius 2 is 1.60 bits per heavy atom. The van der Waals surface area contributed by atoms with Gasteiger partial charge in [0.2, 0.25) is 0 Å². The summed E-state index contributed by atoms with van der Waals surface area (Å²) in [5.74, 6) is -1.53. The Bertz CT molecular complexity index is 744. The minimum atomic E-state index is -4.75. The van der Waals surface area contributed by atoms with Gasteiger partial charge >= 0.3 is 12.3 Å². The fourth-order valence-corrected chi connectivity index (χ4v) is 2.90. The summed E-state index contributed by atoms with van der Waals surface area (Å²) in [6, 6.07) is 12.2. The van der Waals surface area contributed by atoms with Crippen LogP contribution in [0.15, 0.2) is 48.5 Å². The van der Waals surface area contributed by atoms with Gasteiger partial charge in [0.25, 0.3) is 0 Å². The molecule has 2 aromatic carbocycles. The molecule has 0 heterocycles. The van der Waals surface area contributed by atoms with Crippen molar-refractivity contribution in [2.45, 2.75) is 33.1 Å². The predicted molar refractivity (Wildman–Crippen MR) is 87.8 cm³/mol. The molecule has 0 aliphatic heterocycles. The quantitative estimate of drug-likeness (QED) is 0.794. The highest BCUT2D eigenvalue weighted by Crippen LogP contribution is 2.41. The zero-order valence-corrected chi connectivity index (χ0v) is 14.1. The topological polar surface area (TPSA) is 46.5 Å². The molecule has 0 spiro atoms. The van der Waals surface area contributed by atoms with E-state index in [2.05, 4.69) is 4.74 Å². The summed E-state index contributed by atoms with van der Waals surface area (Å²) in [5, 5.41) is 9.01. The number of hydrogen-bond acceptors (Lipinski definition) is 2. The van der Waals surface area contributed by atoms with Gasteiger partial charge in [-0.3, -0.25) is 0 Å². The molecule has 0 fully saturated rings. The number of alkyl halides is 3. The Morgan fingerprint density at radius 1 is 1.00 bits per heavy atom. The molecule has 1 unspecified atom stereocenters. The van der Waals surface area contributed by atoms with Gasteiger partial charge in [-0.1, -0.05) is 45.0 Å². The summed E-state index contributed by atoms with van der Waals surface area (Å²) >= 11 is 0. The molecule has 2 rings (SSSR count). The van der Waals surface area contributed by atoms with Crippen LogP contribution < -0.4 is 4.74 Å². The van der Waals surface area contributed by atoms with Crippen molar-refractivity contribution in [1.82, 2.24) is 0 Å². The normalized spacial score (nSPS) is 13.4.